The number of nitrogens with zero attached hydrogens (tertiary/aromatic N) is 1. The number of isocyanates is 1. The van der Waals surface area contributed by atoms with Gasteiger partial charge < -0.3 is 4.74 Å². The van der Waals surface area contributed by atoms with E-state index < -0.39 is 12.0 Å². The maximum absolute atomic E-state index is 11.0. The third-order valence-electron chi connectivity index (χ3n) is 1.82. The Morgan fingerprint density at radius 3 is 2.58 bits per heavy atom. The van der Waals surface area contributed by atoms with Gasteiger partial charge in [0.15, 0.2) is 6.04 Å². The first-order chi connectivity index (χ1) is 5.67. The molecule has 0 N–H and O–H groups in total. The molecule has 0 aromatic heterocycles. The number of hydrogen-bond acceptors (Lipinski definition) is 4. The molecule has 0 amide bonds. The molecule has 4 heteroatoms. The first-order valence-corrected chi connectivity index (χ1v) is 3.82. The first kappa shape index (κ1) is 10.8. The van der Waals surface area contributed by atoms with Gasteiger partial charge in [0.2, 0.25) is 6.08 Å². The summed E-state index contributed by atoms with van der Waals surface area (Å²) in [5.41, 5.74) is 0. The summed E-state index contributed by atoms with van der Waals surface area (Å²) in [5.74, 6) is -0.466. The highest BCUT2D eigenvalue weighted by Gasteiger charge is 2.23. The summed E-state index contributed by atoms with van der Waals surface area (Å²) in [6.45, 7) is 3.75. The molecule has 0 aromatic carbocycles. The van der Waals surface area contributed by atoms with E-state index in [2.05, 4.69) is 9.73 Å². The van der Waals surface area contributed by atoms with E-state index in [-0.39, 0.29) is 5.92 Å². The molecule has 0 aliphatic carbocycles. The van der Waals surface area contributed by atoms with Gasteiger partial charge >= 0.3 is 5.97 Å². The van der Waals surface area contributed by atoms with Crippen molar-refractivity contribution in [2.24, 2.45) is 10.9 Å². The minimum Gasteiger partial charge on any atom is -0.467 e. The number of hydrogen-bond donors (Lipinski definition) is 0. The second kappa shape index (κ2) is 5.49. The maximum Gasteiger partial charge on any atom is 0.331 e. The van der Waals surface area contributed by atoms with Crippen molar-refractivity contribution in [3.63, 3.8) is 0 Å². The Bertz CT molecular complexity index is 196. The fraction of sp³-hybridized carbons (Fsp3) is 0.750. The molecule has 2 atom stereocenters. The van der Waals surface area contributed by atoms with Crippen LogP contribution in [-0.2, 0) is 14.3 Å². The molecular formula is C8H13NO3. The molecule has 68 valence electrons. The zero-order valence-corrected chi connectivity index (χ0v) is 7.53. The van der Waals surface area contributed by atoms with E-state index in [0.29, 0.717) is 0 Å². The largest absolute Gasteiger partial charge is 0.467 e. The normalized spacial score (nSPS) is 14.2. The monoisotopic (exact) mass is 171 g/mol. The van der Waals surface area contributed by atoms with Crippen molar-refractivity contribution in [1.29, 1.82) is 0 Å². The zero-order valence-electron chi connectivity index (χ0n) is 7.53. The van der Waals surface area contributed by atoms with Crippen molar-refractivity contribution in [1.82, 2.24) is 0 Å². The van der Waals surface area contributed by atoms with E-state index in [9.17, 15) is 9.59 Å². The molecule has 0 spiro atoms. The van der Waals surface area contributed by atoms with E-state index in [1.165, 1.54) is 13.2 Å². The smallest absolute Gasteiger partial charge is 0.331 e. The second-order valence-electron chi connectivity index (χ2n) is 2.57. The van der Waals surface area contributed by atoms with Gasteiger partial charge in [-0.05, 0) is 5.92 Å². The van der Waals surface area contributed by atoms with Crippen molar-refractivity contribution < 1.29 is 14.3 Å². The lowest BCUT2D eigenvalue weighted by atomic mass is 10.0. The van der Waals surface area contributed by atoms with Crippen LogP contribution in [0.2, 0.25) is 0 Å². The molecule has 0 rings (SSSR count). The lowest BCUT2D eigenvalue weighted by Crippen LogP contribution is -2.26. The number of methoxy groups -OCH3 is 1. The Balaban J connectivity index is 4.42. The third kappa shape index (κ3) is 2.84. The Kier molecular flexibility index (Phi) is 4.97. The van der Waals surface area contributed by atoms with E-state index >= 15 is 0 Å². The molecule has 0 aromatic rings. The molecule has 0 bridgehead atoms. The van der Waals surface area contributed by atoms with Gasteiger partial charge in [-0.1, -0.05) is 20.3 Å². The predicted molar refractivity (Wildman–Crippen MR) is 43.4 cm³/mol. The van der Waals surface area contributed by atoms with E-state index in [1.807, 2.05) is 13.8 Å². The van der Waals surface area contributed by atoms with Crippen molar-refractivity contribution in [2.75, 3.05) is 7.11 Å². The standard InChI is InChI=1S/C8H13NO3/c1-4-6(2)7(9-5-10)8(11)12-3/h6-7H,4H2,1-3H3/t6-,7+/m1/s1. The lowest BCUT2D eigenvalue weighted by Gasteiger charge is -2.13. The minimum absolute atomic E-state index is 0.0129. The Labute approximate surface area is 71.6 Å². The summed E-state index contributed by atoms with van der Waals surface area (Å²) in [4.78, 5) is 24.3. The van der Waals surface area contributed by atoms with Gasteiger partial charge in [-0.3, -0.25) is 0 Å². The van der Waals surface area contributed by atoms with Crippen molar-refractivity contribution in [3.05, 3.63) is 0 Å². The number of carbonyl (C=O) groups is 1. The topological polar surface area (TPSA) is 55.7 Å². The highest BCUT2D eigenvalue weighted by Crippen LogP contribution is 2.11. The highest BCUT2D eigenvalue weighted by atomic mass is 16.5. The number of rotatable bonds is 4. The molecule has 4 nitrogen and oxygen atoms in total. The Morgan fingerprint density at radius 2 is 2.25 bits per heavy atom. The van der Waals surface area contributed by atoms with Gasteiger partial charge in [-0.2, -0.15) is 4.99 Å². The molecule has 0 unspecified atom stereocenters. The van der Waals surface area contributed by atoms with Gasteiger partial charge in [0.05, 0.1) is 7.11 Å². The van der Waals surface area contributed by atoms with Crippen LogP contribution in [0.5, 0.6) is 0 Å². The summed E-state index contributed by atoms with van der Waals surface area (Å²) in [5, 5.41) is 0. The number of carbonyl (C=O) groups excluding carboxylic acids is 2. The van der Waals surface area contributed by atoms with Crippen LogP contribution in [0.25, 0.3) is 0 Å². The minimum atomic E-state index is -0.697. The summed E-state index contributed by atoms with van der Waals surface area (Å²) in [7, 11) is 1.28. The van der Waals surface area contributed by atoms with E-state index in [4.69, 9.17) is 0 Å². The van der Waals surface area contributed by atoms with Crippen molar-refractivity contribution >= 4 is 12.0 Å². The highest BCUT2D eigenvalue weighted by molar-refractivity contribution is 5.77. The van der Waals surface area contributed by atoms with E-state index in [0.717, 1.165) is 6.42 Å². The summed E-state index contributed by atoms with van der Waals surface area (Å²) >= 11 is 0. The SMILES string of the molecule is CC[C@@H](C)[C@H](N=C=O)C(=O)OC. The van der Waals surface area contributed by atoms with Crippen LogP contribution in [0, 0.1) is 5.92 Å². The van der Waals surface area contributed by atoms with Gasteiger partial charge in [0, 0.05) is 0 Å². The van der Waals surface area contributed by atoms with Gasteiger partial charge in [-0.25, -0.2) is 9.59 Å². The summed E-state index contributed by atoms with van der Waals surface area (Å²) in [6, 6.07) is -0.697. The van der Waals surface area contributed by atoms with Crippen LogP contribution in [0.4, 0.5) is 0 Å². The molecule has 0 saturated heterocycles. The Hall–Kier alpha value is -1.15. The van der Waals surface area contributed by atoms with Crippen LogP contribution >= 0.6 is 0 Å². The summed E-state index contributed by atoms with van der Waals surface area (Å²) < 4.78 is 4.48. The van der Waals surface area contributed by atoms with Gasteiger partial charge in [0.25, 0.3) is 0 Å². The Morgan fingerprint density at radius 1 is 1.67 bits per heavy atom. The van der Waals surface area contributed by atoms with Crippen molar-refractivity contribution in [3.8, 4) is 0 Å². The van der Waals surface area contributed by atoms with Crippen molar-refractivity contribution in [2.45, 2.75) is 26.3 Å². The van der Waals surface area contributed by atoms with Crippen LogP contribution < -0.4 is 0 Å². The molecule has 0 radical (unpaired) electrons. The summed E-state index contributed by atoms with van der Waals surface area (Å²) in [6.07, 6.45) is 2.14. The van der Waals surface area contributed by atoms with E-state index in [1.54, 1.807) is 0 Å². The zero-order chi connectivity index (χ0) is 9.56. The van der Waals surface area contributed by atoms with Crippen LogP contribution in [0.3, 0.4) is 0 Å². The molecule has 0 fully saturated rings. The average Bonchev–Trinajstić information content (AvgIpc) is 2.11. The predicted octanol–water partition coefficient (Wildman–Crippen LogP) is 0.910. The van der Waals surface area contributed by atoms with Gasteiger partial charge in [-0.15, -0.1) is 0 Å². The second-order valence-corrected chi connectivity index (χ2v) is 2.57. The fourth-order valence-corrected chi connectivity index (χ4v) is 0.813. The maximum atomic E-state index is 11.0. The third-order valence-corrected chi connectivity index (χ3v) is 1.82. The lowest BCUT2D eigenvalue weighted by molar-refractivity contribution is -0.143. The first-order valence-electron chi connectivity index (χ1n) is 3.82. The molecule has 0 heterocycles. The van der Waals surface area contributed by atoms with Crippen LogP contribution in [0.15, 0.2) is 4.99 Å². The molecular weight excluding hydrogens is 158 g/mol. The average molecular weight is 171 g/mol. The molecule has 0 aliphatic heterocycles. The number of esters is 1. The van der Waals surface area contributed by atoms with Crippen LogP contribution in [0.1, 0.15) is 20.3 Å². The van der Waals surface area contributed by atoms with Gasteiger partial charge in [0.1, 0.15) is 0 Å². The molecule has 12 heavy (non-hydrogen) atoms. The van der Waals surface area contributed by atoms with Crippen LogP contribution in [-0.4, -0.2) is 25.2 Å². The molecule has 0 aliphatic rings. The quantitative estimate of drug-likeness (QED) is 0.359. The number of aliphatic imine (C=N–C) groups is 1. The molecule has 0 saturated carbocycles. The number of ether oxygens (including phenoxy) is 1. The fourth-order valence-electron chi connectivity index (χ4n) is 0.813.